The molecule has 0 fully saturated rings. The molecule has 27 heavy (non-hydrogen) atoms. The van der Waals surface area contributed by atoms with Gasteiger partial charge < -0.3 is 9.47 Å². The smallest absolute Gasteiger partial charge is 0.304 e. The molecule has 0 bridgehead atoms. The van der Waals surface area contributed by atoms with Gasteiger partial charge in [-0.15, -0.1) is 0 Å². The topological polar surface area (TPSA) is 69.7 Å². The Morgan fingerprint density at radius 1 is 1.33 bits per heavy atom. The number of hydrogen-bond acceptors (Lipinski definition) is 5. The average molecular weight is 391 g/mol. The number of ether oxygens (including phenoxy) is 2. The van der Waals surface area contributed by atoms with Crippen LogP contribution in [0.1, 0.15) is 41.0 Å². The maximum atomic E-state index is 12.7. The van der Waals surface area contributed by atoms with E-state index in [4.69, 9.17) is 21.1 Å². The van der Waals surface area contributed by atoms with Crippen LogP contribution in [0.25, 0.3) is 0 Å². The summed E-state index contributed by atoms with van der Waals surface area (Å²) in [6.45, 7) is 8.60. The molecule has 2 atom stereocenters. The zero-order valence-electron chi connectivity index (χ0n) is 16.1. The normalized spacial score (nSPS) is 24.3. The third-order valence-corrected chi connectivity index (χ3v) is 4.86. The van der Waals surface area contributed by atoms with Crippen molar-refractivity contribution in [3.63, 3.8) is 0 Å². The van der Waals surface area contributed by atoms with E-state index >= 15 is 0 Å². The van der Waals surface area contributed by atoms with Gasteiger partial charge in [-0.3, -0.25) is 14.4 Å². The molecule has 0 aromatic rings. The molecular weight excluding hydrogens is 368 g/mol. The van der Waals surface area contributed by atoms with Crippen LogP contribution in [0.2, 0.25) is 0 Å². The van der Waals surface area contributed by atoms with Gasteiger partial charge in [0.2, 0.25) is 17.2 Å². The second-order valence-electron chi connectivity index (χ2n) is 6.84. The van der Waals surface area contributed by atoms with Crippen molar-refractivity contribution < 1.29 is 23.9 Å². The van der Waals surface area contributed by atoms with Crippen molar-refractivity contribution >= 4 is 29.1 Å². The highest BCUT2D eigenvalue weighted by Crippen LogP contribution is 2.38. The highest BCUT2D eigenvalue weighted by molar-refractivity contribution is 6.49. The van der Waals surface area contributed by atoms with E-state index in [1.807, 2.05) is 13.0 Å². The number of esters is 1. The van der Waals surface area contributed by atoms with Crippen molar-refractivity contribution in [3.8, 4) is 0 Å². The molecule has 0 amide bonds. The van der Waals surface area contributed by atoms with Gasteiger partial charge >= 0.3 is 5.97 Å². The number of Topliss-reactive ketones (excluding diaryl/α,β-unsaturated/α-hetero) is 2. The molecule has 1 aliphatic carbocycles. The van der Waals surface area contributed by atoms with E-state index in [-0.39, 0.29) is 16.2 Å². The predicted molar refractivity (Wildman–Crippen MR) is 103 cm³/mol. The molecule has 1 aliphatic heterocycles. The number of fused-ring (bicyclic) bond motifs is 1. The van der Waals surface area contributed by atoms with Gasteiger partial charge in [-0.05, 0) is 31.9 Å². The Bertz CT molecular complexity index is 841. The van der Waals surface area contributed by atoms with Crippen molar-refractivity contribution in [2.75, 3.05) is 0 Å². The lowest BCUT2D eigenvalue weighted by Gasteiger charge is -2.32. The first-order valence-corrected chi connectivity index (χ1v) is 9.12. The van der Waals surface area contributed by atoms with E-state index < -0.39 is 23.1 Å². The fraction of sp³-hybridized carbons (Fsp3) is 0.381. The zero-order valence-corrected chi connectivity index (χ0v) is 16.8. The molecular formula is C21H23ClO5. The van der Waals surface area contributed by atoms with Gasteiger partial charge in [0.25, 0.3) is 0 Å². The standard InChI is InChI=1S/C21H23ClO5/c1-6-12(2)9-13(3)7-8-15-10-16-17(11-26-15)19(24)21(5,27-14(4)23)20(25)18(16)22/h7-12H,6H2,1-5H3/b8-7+,13-9-/t12-,21+/m0/s1. The van der Waals surface area contributed by atoms with Gasteiger partial charge in [0, 0.05) is 12.5 Å². The fourth-order valence-corrected chi connectivity index (χ4v) is 3.13. The Labute approximate surface area is 164 Å². The quantitative estimate of drug-likeness (QED) is 0.397. The summed E-state index contributed by atoms with van der Waals surface area (Å²) in [6.07, 6.45) is 9.60. The average Bonchev–Trinajstić information content (AvgIpc) is 2.62. The Morgan fingerprint density at radius 3 is 2.59 bits per heavy atom. The highest BCUT2D eigenvalue weighted by Gasteiger charge is 2.52. The van der Waals surface area contributed by atoms with E-state index in [1.54, 1.807) is 6.08 Å². The molecule has 0 radical (unpaired) electrons. The summed E-state index contributed by atoms with van der Waals surface area (Å²) in [5, 5.41) is -0.161. The van der Waals surface area contributed by atoms with Gasteiger partial charge in [0.1, 0.15) is 12.0 Å². The van der Waals surface area contributed by atoms with Gasteiger partial charge in [-0.1, -0.05) is 49.6 Å². The van der Waals surface area contributed by atoms with E-state index in [1.165, 1.54) is 19.3 Å². The highest BCUT2D eigenvalue weighted by atomic mass is 35.5. The van der Waals surface area contributed by atoms with E-state index in [0.717, 1.165) is 18.9 Å². The van der Waals surface area contributed by atoms with Crippen LogP contribution >= 0.6 is 11.6 Å². The molecule has 6 heteroatoms. The van der Waals surface area contributed by atoms with Crippen molar-refractivity contribution in [3.05, 3.63) is 58.1 Å². The van der Waals surface area contributed by atoms with Gasteiger partial charge in [0.15, 0.2) is 0 Å². The molecule has 0 N–H and O–H groups in total. The number of ketones is 2. The molecule has 0 aromatic carbocycles. The molecule has 0 unspecified atom stereocenters. The van der Waals surface area contributed by atoms with Crippen molar-refractivity contribution in [1.29, 1.82) is 0 Å². The van der Waals surface area contributed by atoms with Gasteiger partial charge in [0.05, 0.1) is 10.6 Å². The Kier molecular flexibility index (Phi) is 6.26. The number of carbonyl (C=O) groups excluding carboxylic acids is 3. The summed E-state index contributed by atoms with van der Waals surface area (Å²) in [6, 6.07) is 0. The maximum absolute atomic E-state index is 12.7. The first-order chi connectivity index (χ1) is 12.6. The van der Waals surface area contributed by atoms with Crippen LogP contribution in [0.4, 0.5) is 0 Å². The molecule has 0 spiro atoms. The van der Waals surface area contributed by atoms with E-state index in [9.17, 15) is 14.4 Å². The van der Waals surface area contributed by atoms with Crippen LogP contribution in [0.3, 0.4) is 0 Å². The molecule has 0 saturated carbocycles. The Morgan fingerprint density at radius 2 is 2.00 bits per heavy atom. The number of rotatable bonds is 5. The number of halogens is 1. The SMILES string of the molecule is CC[C@H](C)/C=C(C)\C=C\C1=CC2=C(Cl)C(=O)[C@](C)(OC(C)=O)C(=O)C2=CO1. The first-order valence-electron chi connectivity index (χ1n) is 8.74. The molecule has 0 aromatic heterocycles. The van der Waals surface area contributed by atoms with Crippen LogP contribution in [-0.4, -0.2) is 23.1 Å². The second kappa shape index (κ2) is 8.09. The van der Waals surface area contributed by atoms with Gasteiger partial charge in [-0.25, -0.2) is 0 Å². The Hall–Kier alpha value is -2.40. The van der Waals surface area contributed by atoms with E-state index in [2.05, 4.69) is 19.9 Å². The molecule has 1 heterocycles. The van der Waals surface area contributed by atoms with Crippen molar-refractivity contribution in [2.45, 2.75) is 46.6 Å². The summed E-state index contributed by atoms with van der Waals surface area (Å²) in [5.41, 5.74) is -0.529. The fourth-order valence-electron chi connectivity index (χ4n) is 2.80. The molecule has 2 aliphatic rings. The third kappa shape index (κ3) is 4.30. The predicted octanol–water partition coefficient (Wildman–Crippen LogP) is 4.30. The monoisotopic (exact) mass is 390 g/mol. The lowest BCUT2D eigenvalue weighted by Crippen LogP contribution is -2.51. The number of hydrogen-bond donors (Lipinski definition) is 0. The van der Waals surface area contributed by atoms with Crippen LogP contribution in [0.5, 0.6) is 0 Å². The van der Waals surface area contributed by atoms with Crippen molar-refractivity contribution in [1.82, 2.24) is 0 Å². The van der Waals surface area contributed by atoms with Crippen LogP contribution in [0.15, 0.2) is 58.1 Å². The molecule has 0 saturated heterocycles. The minimum absolute atomic E-state index is 0.104. The van der Waals surface area contributed by atoms with Crippen LogP contribution in [-0.2, 0) is 23.9 Å². The lowest BCUT2D eigenvalue weighted by molar-refractivity contribution is -0.167. The minimum atomic E-state index is -1.97. The third-order valence-electron chi connectivity index (χ3n) is 4.49. The maximum Gasteiger partial charge on any atom is 0.304 e. The summed E-state index contributed by atoms with van der Waals surface area (Å²) < 4.78 is 10.5. The Balaban J connectivity index is 2.36. The van der Waals surface area contributed by atoms with E-state index in [0.29, 0.717) is 11.7 Å². The lowest BCUT2D eigenvalue weighted by atomic mass is 9.80. The number of allylic oxidation sites excluding steroid dienone is 6. The first kappa shape index (κ1) is 20.9. The largest absolute Gasteiger partial charge is 0.464 e. The van der Waals surface area contributed by atoms with Crippen LogP contribution in [0, 0.1) is 5.92 Å². The summed E-state index contributed by atoms with van der Waals surface area (Å²) in [7, 11) is 0. The molecule has 144 valence electrons. The van der Waals surface area contributed by atoms with Gasteiger partial charge in [-0.2, -0.15) is 0 Å². The molecule has 2 rings (SSSR count). The molecule has 5 nitrogen and oxygen atoms in total. The number of carbonyl (C=O) groups is 3. The van der Waals surface area contributed by atoms with Crippen LogP contribution < -0.4 is 0 Å². The summed E-state index contributed by atoms with van der Waals surface area (Å²) >= 11 is 6.20. The minimum Gasteiger partial charge on any atom is -0.464 e. The summed E-state index contributed by atoms with van der Waals surface area (Å²) in [5.74, 6) is -1.24. The zero-order chi connectivity index (χ0) is 20.4. The van der Waals surface area contributed by atoms with Crippen molar-refractivity contribution in [2.24, 2.45) is 5.92 Å². The summed E-state index contributed by atoms with van der Waals surface area (Å²) in [4.78, 5) is 36.6. The second-order valence-corrected chi connectivity index (χ2v) is 7.22.